The molecule has 4 nitrogen and oxygen atoms in total. The maximum Gasteiger partial charge on any atom is 0.319 e. The predicted octanol–water partition coefficient (Wildman–Crippen LogP) is 4.17. The number of hydrogen-bond donors (Lipinski definition) is 2. The minimum Gasteiger partial charge on any atom is -0.326 e. The second-order valence-corrected chi connectivity index (χ2v) is 7.01. The molecule has 2 N–H and O–H groups in total. The van der Waals surface area contributed by atoms with E-state index in [1.54, 1.807) is 0 Å². The smallest absolute Gasteiger partial charge is 0.319 e. The van der Waals surface area contributed by atoms with Gasteiger partial charge in [-0.3, -0.25) is 9.46 Å². The molecule has 0 spiro atoms. The second-order valence-electron chi connectivity index (χ2n) is 6.45. The van der Waals surface area contributed by atoms with Crippen LogP contribution in [0.2, 0.25) is 0 Å². The average molecular weight is 423 g/mol. The molecule has 1 aliphatic heterocycles. The Morgan fingerprint density at radius 3 is 1.92 bits per heavy atom. The lowest BCUT2D eigenvalue weighted by Gasteiger charge is -2.50. The topological polar surface area (TPSA) is 60.8 Å². The first-order valence-electron chi connectivity index (χ1n) is 7.56. The Kier molecular flexibility index (Phi) is 9.49. The molecule has 2 unspecified atom stereocenters. The van der Waals surface area contributed by atoms with Crippen LogP contribution >= 0.6 is 8.25 Å². The van der Waals surface area contributed by atoms with Crippen molar-refractivity contribution in [1.82, 2.24) is 4.90 Å². The minimum atomic E-state index is -4.38. The van der Waals surface area contributed by atoms with E-state index >= 15 is 0 Å². The SMILES string of the molecule is CC1CCCC(C)(CC(F)(F)C(F)F)N1CC(F)(F)C(F)F.O=[PH](O)O. The van der Waals surface area contributed by atoms with Gasteiger partial charge in [0.25, 0.3) is 0 Å². The molecule has 1 saturated heterocycles. The Morgan fingerprint density at radius 2 is 1.54 bits per heavy atom. The summed E-state index contributed by atoms with van der Waals surface area (Å²) in [5.41, 5.74) is -1.68. The zero-order valence-corrected chi connectivity index (χ0v) is 15.0. The molecule has 1 aliphatic rings. The summed E-state index contributed by atoms with van der Waals surface area (Å²) in [7, 11) is -3.13. The third kappa shape index (κ3) is 7.66. The van der Waals surface area contributed by atoms with Crippen molar-refractivity contribution in [3.8, 4) is 0 Å². The molecule has 0 aromatic heterocycles. The fraction of sp³-hybridized carbons (Fsp3) is 1.00. The molecule has 0 aromatic rings. The Balaban J connectivity index is 0.00000141. The van der Waals surface area contributed by atoms with Crippen LogP contribution in [-0.4, -0.2) is 57.5 Å². The van der Waals surface area contributed by atoms with Gasteiger partial charge in [-0.25, -0.2) is 26.3 Å². The van der Waals surface area contributed by atoms with Crippen molar-refractivity contribution in [2.75, 3.05) is 6.54 Å². The summed E-state index contributed by atoms with van der Waals surface area (Å²) in [4.78, 5) is 15.1. The largest absolute Gasteiger partial charge is 0.326 e. The first kappa shape index (κ1) is 25.6. The highest BCUT2D eigenvalue weighted by Gasteiger charge is 2.53. The molecule has 0 aliphatic carbocycles. The van der Waals surface area contributed by atoms with E-state index < -0.39 is 57.5 Å². The highest BCUT2D eigenvalue weighted by Crippen LogP contribution is 2.43. The zero-order chi connectivity index (χ0) is 20.9. The number of halogens is 8. The second kappa shape index (κ2) is 9.66. The molecule has 0 amide bonds. The van der Waals surface area contributed by atoms with Crippen LogP contribution in [0.15, 0.2) is 0 Å². The first-order valence-corrected chi connectivity index (χ1v) is 8.86. The van der Waals surface area contributed by atoms with Crippen molar-refractivity contribution in [2.45, 2.75) is 75.8 Å². The maximum absolute atomic E-state index is 13.4. The van der Waals surface area contributed by atoms with Crippen molar-refractivity contribution in [1.29, 1.82) is 0 Å². The summed E-state index contributed by atoms with van der Waals surface area (Å²) in [6.07, 6.45) is -8.51. The Hall–Kier alpha value is -0.450. The molecule has 1 fully saturated rings. The predicted molar refractivity (Wildman–Crippen MR) is 78.4 cm³/mol. The standard InChI is InChI=1S/C13H19F8N.H3O3P/c1-8-4-3-5-11(2,6-12(18,19)9(14)15)22(8)7-13(20,21)10(16)17;1-4(2)3/h8-10H,3-7H2,1-2H3;4H,(H2,1,2,3). The number of likely N-dealkylation sites (tertiary alicyclic amines) is 1. The molecule has 1 rings (SSSR count). The fourth-order valence-corrected chi connectivity index (χ4v) is 3.03. The van der Waals surface area contributed by atoms with Gasteiger partial charge in [0.2, 0.25) is 0 Å². The highest BCUT2D eigenvalue weighted by atomic mass is 31.1. The van der Waals surface area contributed by atoms with Gasteiger partial charge in [0, 0.05) is 18.0 Å². The number of nitrogens with zero attached hydrogens (tertiary/aromatic N) is 1. The van der Waals surface area contributed by atoms with E-state index in [1.165, 1.54) is 6.92 Å². The van der Waals surface area contributed by atoms with Gasteiger partial charge in [-0.05, 0) is 26.7 Å². The molecular weight excluding hydrogens is 401 g/mol. The quantitative estimate of drug-likeness (QED) is 0.498. The van der Waals surface area contributed by atoms with Crippen LogP contribution in [0, 0.1) is 0 Å². The number of piperidine rings is 1. The van der Waals surface area contributed by atoms with Gasteiger partial charge in [0.1, 0.15) is 0 Å². The molecular formula is C13H22F8NO3P. The molecule has 158 valence electrons. The molecule has 1 heterocycles. The molecule has 0 saturated carbocycles. The summed E-state index contributed by atoms with van der Waals surface area (Å²) in [6.45, 7) is 1.17. The van der Waals surface area contributed by atoms with Gasteiger partial charge in [-0.15, -0.1) is 0 Å². The number of rotatable bonds is 6. The molecule has 26 heavy (non-hydrogen) atoms. The molecule has 0 aromatic carbocycles. The molecule has 0 bridgehead atoms. The van der Waals surface area contributed by atoms with Gasteiger partial charge in [0.15, 0.2) is 0 Å². The van der Waals surface area contributed by atoms with Crippen LogP contribution in [0.25, 0.3) is 0 Å². The monoisotopic (exact) mass is 423 g/mol. The van der Waals surface area contributed by atoms with Crippen LogP contribution in [-0.2, 0) is 4.57 Å². The lowest BCUT2D eigenvalue weighted by molar-refractivity contribution is -0.189. The molecule has 13 heteroatoms. The van der Waals surface area contributed by atoms with Crippen molar-refractivity contribution in [2.24, 2.45) is 0 Å². The average Bonchev–Trinajstić information content (AvgIpc) is 2.41. The molecule has 0 radical (unpaired) electrons. The van der Waals surface area contributed by atoms with Gasteiger partial charge < -0.3 is 9.79 Å². The van der Waals surface area contributed by atoms with E-state index in [1.807, 2.05) is 0 Å². The summed E-state index contributed by atoms with van der Waals surface area (Å²) in [6, 6.07) is -0.670. The van der Waals surface area contributed by atoms with Crippen molar-refractivity contribution in [3.63, 3.8) is 0 Å². The lowest BCUT2D eigenvalue weighted by Crippen LogP contribution is -2.60. The van der Waals surface area contributed by atoms with E-state index in [9.17, 15) is 35.1 Å². The van der Waals surface area contributed by atoms with E-state index in [4.69, 9.17) is 14.4 Å². The normalized spacial score (nSPS) is 25.6. The van der Waals surface area contributed by atoms with Gasteiger partial charge in [0.05, 0.1) is 6.54 Å². The minimum absolute atomic E-state index is 0.0288. The van der Waals surface area contributed by atoms with E-state index in [-0.39, 0.29) is 6.42 Å². The fourth-order valence-electron chi connectivity index (χ4n) is 3.03. The van der Waals surface area contributed by atoms with Crippen LogP contribution in [0.1, 0.15) is 39.5 Å². The van der Waals surface area contributed by atoms with Crippen LogP contribution < -0.4 is 0 Å². The van der Waals surface area contributed by atoms with Gasteiger partial charge in [-0.1, -0.05) is 6.42 Å². The summed E-state index contributed by atoms with van der Waals surface area (Å²) >= 11 is 0. The Labute approximate surface area is 146 Å². The summed E-state index contributed by atoms with van der Waals surface area (Å²) < 4.78 is 112. The Morgan fingerprint density at radius 1 is 1.12 bits per heavy atom. The van der Waals surface area contributed by atoms with Crippen molar-refractivity contribution < 1.29 is 49.5 Å². The van der Waals surface area contributed by atoms with Gasteiger partial charge in [-0.2, -0.15) is 8.78 Å². The zero-order valence-electron chi connectivity index (χ0n) is 14.0. The van der Waals surface area contributed by atoms with Crippen LogP contribution in [0.3, 0.4) is 0 Å². The number of hydrogen-bond acceptors (Lipinski definition) is 2. The van der Waals surface area contributed by atoms with Crippen molar-refractivity contribution >= 4 is 8.25 Å². The Bertz CT molecular complexity index is 465. The molecule has 2 atom stereocenters. The van der Waals surface area contributed by atoms with E-state index in [2.05, 4.69) is 0 Å². The van der Waals surface area contributed by atoms with Crippen molar-refractivity contribution in [3.05, 3.63) is 0 Å². The summed E-state index contributed by atoms with van der Waals surface area (Å²) in [5.74, 6) is -8.74. The van der Waals surface area contributed by atoms with Crippen LogP contribution in [0.5, 0.6) is 0 Å². The number of alkyl halides is 8. The van der Waals surface area contributed by atoms with E-state index in [0.29, 0.717) is 12.8 Å². The van der Waals surface area contributed by atoms with Crippen LogP contribution in [0.4, 0.5) is 35.1 Å². The maximum atomic E-state index is 13.4. The third-order valence-electron chi connectivity index (χ3n) is 4.20. The third-order valence-corrected chi connectivity index (χ3v) is 4.20. The van der Waals surface area contributed by atoms with E-state index in [0.717, 1.165) is 11.8 Å². The highest BCUT2D eigenvalue weighted by molar-refractivity contribution is 7.30. The first-order chi connectivity index (χ1) is 11.5. The lowest BCUT2D eigenvalue weighted by atomic mass is 9.80. The summed E-state index contributed by atoms with van der Waals surface area (Å²) in [5, 5.41) is 0. The van der Waals surface area contributed by atoms with Gasteiger partial charge >= 0.3 is 33.0 Å².